The number of sulfone groups is 1. The van der Waals surface area contributed by atoms with E-state index in [4.69, 9.17) is 10.5 Å². The van der Waals surface area contributed by atoms with E-state index in [1.54, 1.807) is 24.0 Å². The molecule has 0 spiro atoms. The van der Waals surface area contributed by atoms with E-state index < -0.39 is 27.2 Å². The Bertz CT molecular complexity index is 1060. The molecule has 0 bridgehead atoms. The zero-order valence-electron chi connectivity index (χ0n) is 17.4. The number of ether oxygens (including phenoxy) is 1. The summed E-state index contributed by atoms with van der Waals surface area (Å²) >= 11 is 0. The fraction of sp³-hybridized carbons (Fsp3) is 0.435. The SMILES string of the molecule is CCS(=O)(=O)[C@H]1CO[C@@H](C(=O)N2CCc3ccccc3[C@@H]2c2ccc(F)cc2)C[C@@H]1N. The quantitative estimate of drug-likeness (QED) is 0.778. The highest BCUT2D eigenvalue weighted by atomic mass is 32.2. The van der Waals surface area contributed by atoms with Gasteiger partial charge in [0, 0.05) is 18.3 Å². The van der Waals surface area contributed by atoms with Crippen LogP contribution in [0.1, 0.15) is 36.1 Å². The minimum Gasteiger partial charge on any atom is -0.367 e. The summed E-state index contributed by atoms with van der Waals surface area (Å²) in [6.45, 7) is 1.99. The van der Waals surface area contributed by atoms with Crippen LogP contribution in [0, 0.1) is 5.82 Å². The van der Waals surface area contributed by atoms with Crippen LogP contribution in [0.2, 0.25) is 0 Å². The van der Waals surface area contributed by atoms with Gasteiger partial charge in [0.05, 0.1) is 17.9 Å². The van der Waals surface area contributed by atoms with Gasteiger partial charge in [-0.1, -0.05) is 43.3 Å². The van der Waals surface area contributed by atoms with Gasteiger partial charge >= 0.3 is 0 Å². The van der Waals surface area contributed by atoms with Gasteiger partial charge in [-0.2, -0.15) is 0 Å². The average Bonchev–Trinajstić information content (AvgIpc) is 2.78. The first-order chi connectivity index (χ1) is 14.8. The van der Waals surface area contributed by atoms with E-state index in [1.165, 1.54) is 12.1 Å². The normalized spacial score (nSPS) is 26.4. The maximum absolute atomic E-state index is 13.5. The number of rotatable bonds is 4. The van der Waals surface area contributed by atoms with Crippen molar-refractivity contribution in [3.63, 3.8) is 0 Å². The molecule has 2 aromatic carbocycles. The van der Waals surface area contributed by atoms with Gasteiger partial charge in [-0.05, 0) is 41.7 Å². The lowest BCUT2D eigenvalue weighted by Gasteiger charge is -2.41. The van der Waals surface area contributed by atoms with Gasteiger partial charge in [-0.25, -0.2) is 12.8 Å². The molecule has 0 unspecified atom stereocenters. The molecule has 4 atom stereocenters. The maximum Gasteiger partial charge on any atom is 0.252 e. The number of carbonyl (C=O) groups excluding carboxylic acids is 1. The van der Waals surface area contributed by atoms with Crippen molar-refractivity contribution in [3.05, 3.63) is 71.0 Å². The Balaban J connectivity index is 1.62. The van der Waals surface area contributed by atoms with Crippen molar-refractivity contribution in [1.29, 1.82) is 0 Å². The molecule has 0 radical (unpaired) electrons. The highest BCUT2D eigenvalue weighted by Crippen LogP contribution is 2.36. The Morgan fingerprint density at radius 3 is 2.58 bits per heavy atom. The third kappa shape index (κ3) is 4.24. The van der Waals surface area contributed by atoms with Crippen molar-refractivity contribution < 1.29 is 22.3 Å². The average molecular weight is 447 g/mol. The molecule has 6 nitrogen and oxygen atoms in total. The highest BCUT2D eigenvalue weighted by molar-refractivity contribution is 7.92. The van der Waals surface area contributed by atoms with E-state index in [0.717, 1.165) is 16.7 Å². The van der Waals surface area contributed by atoms with Gasteiger partial charge in [0.1, 0.15) is 11.9 Å². The lowest BCUT2D eigenvalue weighted by Crippen LogP contribution is -2.55. The number of halogens is 1. The molecule has 31 heavy (non-hydrogen) atoms. The van der Waals surface area contributed by atoms with Gasteiger partial charge < -0.3 is 15.4 Å². The maximum atomic E-state index is 13.5. The Kier molecular flexibility index (Phi) is 6.14. The van der Waals surface area contributed by atoms with Crippen molar-refractivity contribution in [2.75, 3.05) is 18.9 Å². The molecule has 4 rings (SSSR count). The highest BCUT2D eigenvalue weighted by Gasteiger charge is 2.42. The molecule has 0 aliphatic carbocycles. The molecule has 0 aromatic heterocycles. The van der Waals surface area contributed by atoms with Crippen LogP contribution in [0.4, 0.5) is 4.39 Å². The lowest BCUT2D eigenvalue weighted by atomic mass is 9.87. The molecule has 1 fully saturated rings. The van der Waals surface area contributed by atoms with Crippen LogP contribution in [-0.4, -0.2) is 55.5 Å². The molecule has 8 heteroatoms. The van der Waals surface area contributed by atoms with Crippen LogP contribution in [0.25, 0.3) is 0 Å². The van der Waals surface area contributed by atoms with E-state index in [2.05, 4.69) is 0 Å². The predicted molar refractivity (Wildman–Crippen MR) is 116 cm³/mol. The van der Waals surface area contributed by atoms with E-state index in [-0.39, 0.29) is 36.5 Å². The summed E-state index contributed by atoms with van der Waals surface area (Å²) in [4.78, 5) is 15.3. The Morgan fingerprint density at radius 1 is 1.19 bits per heavy atom. The fourth-order valence-electron chi connectivity index (χ4n) is 4.55. The largest absolute Gasteiger partial charge is 0.367 e. The van der Waals surface area contributed by atoms with E-state index in [9.17, 15) is 17.6 Å². The van der Waals surface area contributed by atoms with Gasteiger partial charge in [0.15, 0.2) is 9.84 Å². The van der Waals surface area contributed by atoms with Crippen LogP contribution in [0.3, 0.4) is 0 Å². The molecular weight excluding hydrogens is 419 g/mol. The summed E-state index contributed by atoms with van der Waals surface area (Å²) in [7, 11) is -3.35. The number of fused-ring (bicyclic) bond motifs is 1. The molecule has 2 aromatic rings. The smallest absolute Gasteiger partial charge is 0.252 e. The molecule has 2 heterocycles. The van der Waals surface area contributed by atoms with Gasteiger partial charge in [0.25, 0.3) is 5.91 Å². The first kappa shape index (κ1) is 21.9. The van der Waals surface area contributed by atoms with E-state index in [0.29, 0.717) is 13.0 Å². The number of nitrogens with zero attached hydrogens (tertiary/aromatic N) is 1. The minimum absolute atomic E-state index is 0.0110. The van der Waals surface area contributed by atoms with Crippen molar-refractivity contribution in [2.24, 2.45) is 5.73 Å². The summed E-state index contributed by atoms with van der Waals surface area (Å²) in [6, 6.07) is 13.1. The molecule has 2 N–H and O–H groups in total. The predicted octanol–water partition coefficient (Wildman–Crippen LogP) is 2.22. The molecular formula is C23H27FN2O4S. The van der Waals surface area contributed by atoms with Crippen LogP contribution in [0.5, 0.6) is 0 Å². The fourth-order valence-corrected chi connectivity index (χ4v) is 5.91. The molecule has 166 valence electrons. The van der Waals surface area contributed by atoms with Crippen LogP contribution < -0.4 is 5.73 Å². The number of hydrogen-bond acceptors (Lipinski definition) is 5. The third-order valence-electron chi connectivity index (χ3n) is 6.32. The van der Waals surface area contributed by atoms with Gasteiger partial charge in [0.2, 0.25) is 0 Å². The van der Waals surface area contributed by atoms with Crippen molar-refractivity contribution in [2.45, 2.75) is 43.2 Å². The Hall–Kier alpha value is -2.29. The summed E-state index contributed by atoms with van der Waals surface area (Å²) in [5.41, 5.74) is 9.13. The second-order valence-electron chi connectivity index (χ2n) is 8.15. The standard InChI is InChI=1S/C23H27FN2O4S/c1-2-31(28,29)21-14-30-20(13-19(21)25)23(27)26-12-11-15-5-3-4-6-18(15)22(26)16-7-9-17(24)10-8-16/h3-10,19-22H,2,11-14,25H2,1H3/t19-,20+,21-,22-/m0/s1. The monoisotopic (exact) mass is 446 g/mol. The van der Waals surface area contributed by atoms with Crippen LogP contribution in [0.15, 0.2) is 48.5 Å². The molecule has 0 saturated carbocycles. The van der Waals surface area contributed by atoms with Crippen LogP contribution >= 0.6 is 0 Å². The third-order valence-corrected chi connectivity index (χ3v) is 8.53. The second kappa shape index (κ2) is 8.68. The number of hydrogen-bond donors (Lipinski definition) is 1. The summed E-state index contributed by atoms with van der Waals surface area (Å²) in [5.74, 6) is -0.565. The number of amides is 1. The van der Waals surface area contributed by atoms with Crippen LogP contribution in [-0.2, 0) is 25.8 Å². The Morgan fingerprint density at radius 2 is 1.90 bits per heavy atom. The first-order valence-electron chi connectivity index (χ1n) is 10.5. The van der Waals surface area contributed by atoms with Crippen molar-refractivity contribution >= 4 is 15.7 Å². The molecule has 2 aliphatic heterocycles. The lowest BCUT2D eigenvalue weighted by molar-refractivity contribution is -0.149. The molecule has 2 aliphatic rings. The second-order valence-corrected chi connectivity index (χ2v) is 10.7. The summed E-state index contributed by atoms with van der Waals surface area (Å²) < 4.78 is 43.8. The number of nitrogens with two attached hydrogens (primary N) is 1. The zero-order valence-corrected chi connectivity index (χ0v) is 18.2. The van der Waals surface area contributed by atoms with E-state index in [1.807, 2.05) is 24.3 Å². The van der Waals surface area contributed by atoms with Gasteiger partial charge in [-0.15, -0.1) is 0 Å². The van der Waals surface area contributed by atoms with Crippen molar-refractivity contribution in [3.8, 4) is 0 Å². The zero-order chi connectivity index (χ0) is 22.2. The number of benzene rings is 2. The first-order valence-corrected chi connectivity index (χ1v) is 12.3. The minimum atomic E-state index is -3.35. The summed E-state index contributed by atoms with van der Waals surface area (Å²) in [6.07, 6.45) is 0.0499. The Labute approximate surface area is 182 Å². The molecule has 1 saturated heterocycles. The van der Waals surface area contributed by atoms with Gasteiger partial charge in [-0.3, -0.25) is 4.79 Å². The number of carbonyl (C=O) groups is 1. The van der Waals surface area contributed by atoms with Crippen molar-refractivity contribution in [1.82, 2.24) is 4.90 Å². The molecule has 1 amide bonds. The summed E-state index contributed by atoms with van der Waals surface area (Å²) in [5, 5.41) is -0.795. The van der Waals surface area contributed by atoms with E-state index >= 15 is 0 Å². The topological polar surface area (TPSA) is 89.7 Å².